The zero-order valence-electron chi connectivity index (χ0n) is 13.8. The molecule has 2 aromatic rings. The Bertz CT molecular complexity index is 708. The van der Waals surface area contributed by atoms with E-state index in [0.29, 0.717) is 5.56 Å². The van der Waals surface area contributed by atoms with Crippen LogP contribution in [0.15, 0.2) is 28.7 Å². The van der Waals surface area contributed by atoms with Crippen molar-refractivity contribution in [1.82, 2.24) is 20.4 Å². The van der Waals surface area contributed by atoms with Gasteiger partial charge in [-0.1, -0.05) is 0 Å². The van der Waals surface area contributed by atoms with E-state index in [-0.39, 0.29) is 24.4 Å². The predicted molar refractivity (Wildman–Crippen MR) is 101 cm³/mol. The second kappa shape index (κ2) is 8.14. The number of hydrogen-bond donors (Lipinski definition) is 2. The van der Waals surface area contributed by atoms with Crippen molar-refractivity contribution in [1.29, 1.82) is 0 Å². The molecule has 3 rings (SSSR count). The highest BCUT2D eigenvalue weighted by Gasteiger charge is 2.16. The molecule has 1 amide bonds. The highest BCUT2D eigenvalue weighted by Crippen LogP contribution is 2.23. The lowest BCUT2D eigenvalue weighted by atomic mass is 10.1. The normalized spacial score (nSPS) is 17.2. The van der Waals surface area contributed by atoms with Crippen LogP contribution in [0.5, 0.6) is 0 Å². The summed E-state index contributed by atoms with van der Waals surface area (Å²) in [6.07, 6.45) is 2.15. The van der Waals surface area contributed by atoms with Crippen molar-refractivity contribution < 1.29 is 4.79 Å². The molecule has 0 unspecified atom stereocenters. The van der Waals surface area contributed by atoms with Gasteiger partial charge in [-0.05, 0) is 73.4 Å². The molecule has 0 aliphatic carbocycles. The maximum absolute atomic E-state index is 12.3. The minimum Gasteiger partial charge on any atom is -0.348 e. The molecule has 0 radical (unpaired) electrons. The van der Waals surface area contributed by atoms with Gasteiger partial charge in [-0.15, -0.1) is 12.4 Å². The lowest BCUT2D eigenvalue weighted by molar-refractivity contribution is 0.0930. The van der Waals surface area contributed by atoms with Crippen LogP contribution in [0.1, 0.15) is 34.6 Å². The lowest BCUT2D eigenvalue weighted by Crippen LogP contribution is -2.45. The summed E-state index contributed by atoms with van der Waals surface area (Å²) >= 11 is 3.54. The molecule has 130 valence electrons. The van der Waals surface area contributed by atoms with Gasteiger partial charge in [0.05, 0.1) is 21.5 Å². The van der Waals surface area contributed by atoms with E-state index in [1.54, 1.807) is 0 Å². The van der Waals surface area contributed by atoms with E-state index < -0.39 is 0 Å². The molecule has 1 aliphatic heterocycles. The van der Waals surface area contributed by atoms with Crippen LogP contribution in [-0.4, -0.2) is 34.8 Å². The molecular formula is C17H22BrClN4O. The molecule has 0 saturated carbocycles. The fraction of sp³-hybridized carbons (Fsp3) is 0.412. The first-order chi connectivity index (χ1) is 11.1. The largest absolute Gasteiger partial charge is 0.348 e. The van der Waals surface area contributed by atoms with Crippen molar-refractivity contribution in [3.8, 4) is 5.69 Å². The van der Waals surface area contributed by atoms with Crippen LogP contribution in [0.3, 0.4) is 0 Å². The molecule has 1 fully saturated rings. The third-order valence-corrected chi connectivity index (χ3v) is 5.36. The Balaban J connectivity index is 0.00000208. The molecule has 1 aliphatic rings. The summed E-state index contributed by atoms with van der Waals surface area (Å²) in [7, 11) is 0. The van der Waals surface area contributed by atoms with E-state index in [1.807, 2.05) is 42.8 Å². The summed E-state index contributed by atoms with van der Waals surface area (Å²) in [5, 5.41) is 10.9. The maximum atomic E-state index is 12.3. The molecule has 1 aromatic heterocycles. The molecule has 5 nitrogen and oxygen atoms in total. The van der Waals surface area contributed by atoms with Crippen LogP contribution in [0, 0.1) is 13.8 Å². The zero-order chi connectivity index (χ0) is 16.4. The maximum Gasteiger partial charge on any atom is 0.251 e. The SMILES string of the molecule is Cc1nn(-c2ccc(C(=O)N[C@H]3CCCNC3)cc2)c(C)c1Br.Cl. The second-order valence-electron chi connectivity index (χ2n) is 5.96. The molecule has 0 bridgehead atoms. The molecule has 0 spiro atoms. The first-order valence-electron chi connectivity index (χ1n) is 7.90. The Kier molecular flexibility index (Phi) is 6.43. The fourth-order valence-corrected chi connectivity index (χ4v) is 3.12. The number of benzene rings is 1. The number of halogens is 2. The van der Waals surface area contributed by atoms with Gasteiger partial charge in [0.1, 0.15) is 0 Å². The summed E-state index contributed by atoms with van der Waals surface area (Å²) in [5.41, 5.74) is 3.63. The van der Waals surface area contributed by atoms with Crippen LogP contribution >= 0.6 is 28.3 Å². The number of aryl methyl sites for hydroxylation is 1. The van der Waals surface area contributed by atoms with Gasteiger partial charge in [0, 0.05) is 18.2 Å². The Hall–Kier alpha value is -1.37. The number of rotatable bonds is 3. The molecule has 1 saturated heterocycles. The van der Waals surface area contributed by atoms with Gasteiger partial charge in [0.25, 0.3) is 5.91 Å². The van der Waals surface area contributed by atoms with E-state index in [9.17, 15) is 4.79 Å². The molecular weight excluding hydrogens is 392 g/mol. The van der Waals surface area contributed by atoms with Gasteiger partial charge in [0.15, 0.2) is 0 Å². The molecule has 2 N–H and O–H groups in total. The summed E-state index contributed by atoms with van der Waals surface area (Å²) in [6, 6.07) is 7.79. The van der Waals surface area contributed by atoms with Gasteiger partial charge >= 0.3 is 0 Å². The zero-order valence-corrected chi connectivity index (χ0v) is 16.2. The van der Waals surface area contributed by atoms with E-state index >= 15 is 0 Å². The monoisotopic (exact) mass is 412 g/mol. The van der Waals surface area contributed by atoms with Crippen molar-refractivity contribution in [2.75, 3.05) is 13.1 Å². The first kappa shape index (κ1) is 19.0. The van der Waals surface area contributed by atoms with Crippen LogP contribution in [-0.2, 0) is 0 Å². The summed E-state index contributed by atoms with van der Waals surface area (Å²) < 4.78 is 2.90. The lowest BCUT2D eigenvalue weighted by Gasteiger charge is -2.23. The number of piperidine rings is 1. The number of carbonyl (C=O) groups is 1. The standard InChI is InChI=1S/C17H21BrN4O.ClH/c1-11-16(18)12(2)22(21-11)15-7-5-13(6-8-15)17(23)20-14-4-3-9-19-10-14;/h5-8,14,19H,3-4,9-10H2,1-2H3,(H,20,23);1H/t14-;/m0./s1. The highest BCUT2D eigenvalue weighted by molar-refractivity contribution is 9.10. The topological polar surface area (TPSA) is 59.0 Å². The third kappa shape index (κ3) is 3.99. The van der Waals surface area contributed by atoms with Crippen LogP contribution in [0.2, 0.25) is 0 Å². The fourth-order valence-electron chi connectivity index (χ4n) is 2.87. The predicted octanol–water partition coefficient (Wildman–Crippen LogP) is 3.16. The minimum atomic E-state index is -0.0141. The van der Waals surface area contributed by atoms with E-state index in [2.05, 4.69) is 31.7 Å². The van der Waals surface area contributed by atoms with Crippen LogP contribution < -0.4 is 10.6 Å². The Morgan fingerprint density at radius 3 is 2.58 bits per heavy atom. The number of hydrogen-bond acceptors (Lipinski definition) is 3. The van der Waals surface area contributed by atoms with Crippen molar-refractivity contribution in [2.45, 2.75) is 32.7 Å². The van der Waals surface area contributed by atoms with Crippen LogP contribution in [0.4, 0.5) is 0 Å². The Morgan fingerprint density at radius 2 is 2.04 bits per heavy atom. The van der Waals surface area contributed by atoms with Crippen molar-refractivity contribution in [3.05, 3.63) is 45.7 Å². The van der Waals surface area contributed by atoms with E-state index in [0.717, 1.165) is 47.5 Å². The van der Waals surface area contributed by atoms with E-state index in [4.69, 9.17) is 0 Å². The van der Waals surface area contributed by atoms with Gasteiger partial charge in [-0.3, -0.25) is 4.79 Å². The quantitative estimate of drug-likeness (QED) is 0.812. The number of aromatic nitrogens is 2. The van der Waals surface area contributed by atoms with Crippen molar-refractivity contribution >= 4 is 34.2 Å². The molecule has 1 aromatic carbocycles. The summed E-state index contributed by atoms with van der Waals surface area (Å²) in [5.74, 6) is -0.0141. The number of amides is 1. The van der Waals surface area contributed by atoms with Crippen LogP contribution in [0.25, 0.3) is 5.69 Å². The summed E-state index contributed by atoms with van der Waals surface area (Å²) in [6.45, 7) is 5.87. The van der Waals surface area contributed by atoms with Crippen molar-refractivity contribution in [2.24, 2.45) is 0 Å². The molecule has 7 heteroatoms. The van der Waals surface area contributed by atoms with Crippen molar-refractivity contribution in [3.63, 3.8) is 0 Å². The average molecular weight is 414 g/mol. The van der Waals surface area contributed by atoms with Gasteiger partial charge in [-0.2, -0.15) is 5.10 Å². The second-order valence-corrected chi connectivity index (χ2v) is 6.75. The number of carbonyl (C=O) groups excluding carboxylic acids is 1. The van der Waals surface area contributed by atoms with Gasteiger partial charge < -0.3 is 10.6 Å². The molecule has 2 heterocycles. The summed E-state index contributed by atoms with van der Waals surface area (Å²) in [4.78, 5) is 12.3. The van der Waals surface area contributed by atoms with Gasteiger partial charge in [0.2, 0.25) is 0 Å². The molecule has 1 atom stereocenters. The Labute approximate surface area is 156 Å². The average Bonchev–Trinajstić information content (AvgIpc) is 2.83. The van der Waals surface area contributed by atoms with Gasteiger partial charge in [-0.25, -0.2) is 4.68 Å². The highest BCUT2D eigenvalue weighted by atomic mass is 79.9. The first-order valence-corrected chi connectivity index (χ1v) is 8.69. The number of nitrogens with one attached hydrogen (secondary N) is 2. The third-order valence-electron chi connectivity index (χ3n) is 4.21. The van der Waals surface area contributed by atoms with E-state index in [1.165, 1.54) is 0 Å². The number of nitrogens with zero attached hydrogens (tertiary/aromatic N) is 2. The minimum absolute atomic E-state index is 0. The molecule has 24 heavy (non-hydrogen) atoms. The Morgan fingerprint density at radius 1 is 1.33 bits per heavy atom. The smallest absolute Gasteiger partial charge is 0.251 e.